The second-order valence-electron chi connectivity index (χ2n) is 5.46. The highest BCUT2D eigenvalue weighted by atomic mass is 35.5. The summed E-state index contributed by atoms with van der Waals surface area (Å²) >= 11 is 17.9. The predicted molar refractivity (Wildman–Crippen MR) is 95.8 cm³/mol. The number of nitrogens with zero attached hydrogens (tertiary/aromatic N) is 1. The molecule has 0 aromatic heterocycles. The van der Waals surface area contributed by atoms with Gasteiger partial charge in [0.15, 0.2) is 0 Å². The van der Waals surface area contributed by atoms with Crippen molar-refractivity contribution in [1.29, 1.82) is 0 Å². The molecule has 2 rings (SSSR count). The van der Waals surface area contributed by atoms with Crippen LogP contribution in [0.2, 0.25) is 15.1 Å². The van der Waals surface area contributed by atoms with Crippen LogP contribution in [-0.4, -0.2) is 42.5 Å². The summed E-state index contributed by atoms with van der Waals surface area (Å²) in [6.07, 6.45) is 0. The molecule has 1 fully saturated rings. The van der Waals surface area contributed by atoms with Crippen molar-refractivity contribution in [1.82, 2.24) is 10.2 Å². The van der Waals surface area contributed by atoms with Gasteiger partial charge in [0.05, 0.1) is 27.3 Å². The Labute approximate surface area is 151 Å². The molecule has 2 N–H and O–H groups in total. The highest BCUT2D eigenvalue weighted by molar-refractivity contribution is 6.44. The van der Waals surface area contributed by atoms with E-state index in [1.165, 1.54) is 6.07 Å². The van der Waals surface area contributed by atoms with Crippen LogP contribution >= 0.6 is 47.2 Å². The minimum Gasteiger partial charge on any atom is -0.324 e. The topological polar surface area (TPSA) is 44.4 Å². The lowest BCUT2D eigenvalue weighted by Gasteiger charge is -2.35. The molecule has 2 atom stereocenters. The quantitative estimate of drug-likeness (QED) is 0.778. The van der Waals surface area contributed by atoms with Crippen LogP contribution in [0.4, 0.5) is 5.69 Å². The number of anilines is 1. The third kappa shape index (κ3) is 5.44. The van der Waals surface area contributed by atoms with E-state index in [1.54, 1.807) is 6.07 Å². The fourth-order valence-electron chi connectivity index (χ4n) is 2.58. The van der Waals surface area contributed by atoms with E-state index in [2.05, 4.69) is 29.4 Å². The van der Waals surface area contributed by atoms with Gasteiger partial charge in [0.1, 0.15) is 0 Å². The predicted octanol–water partition coefficient (Wildman–Crippen LogP) is 3.69. The zero-order chi connectivity index (χ0) is 15.6. The molecule has 4 nitrogen and oxygen atoms in total. The van der Waals surface area contributed by atoms with Crippen LogP contribution in [0.15, 0.2) is 12.1 Å². The van der Waals surface area contributed by atoms with Gasteiger partial charge in [0.2, 0.25) is 5.91 Å². The van der Waals surface area contributed by atoms with Crippen LogP contribution < -0.4 is 10.6 Å². The van der Waals surface area contributed by atoms with E-state index in [-0.39, 0.29) is 18.3 Å². The number of benzene rings is 1. The summed E-state index contributed by atoms with van der Waals surface area (Å²) in [5.41, 5.74) is 0.479. The summed E-state index contributed by atoms with van der Waals surface area (Å²) in [6.45, 7) is 6.22. The van der Waals surface area contributed by atoms with Crippen molar-refractivity contribution >= 4 is 58.8 Å². The zero-order valence-electron chi connectivity index (χ0n) is 12.3. The van der Waals surface area contributed by atoms with E-state index in [4.69, 9.17) is 34.8 Å². The summed E-state index contributed by atoms with van der Waals surface area (Å²) in [7, 11) is 0. The fraction of sp³-hybridized carbons (Fsp3) is 0.500. The third-order valence-corrected chi connectivity index (χ3v) is 4.32. The molecule has 1 amide bonds. The minimum absolute atomic E-state index is 0. The average Bonchev–Trinajstić information content (AvgIpc) is 2.34. The number of carbonyl (C=O) groups excluding carboxylic acids is 1. The monoisotopic (exact) mass is 385 g/mol. The maximum absolute atomic E-state index is 12.1. The van der Waals surface area contributed by atoms with Crippen LogP contribution in [0, 0.1) is 0 Å². The first-order valence-corrected chi connectivity index (χ1v) is 7.91. The molecule has 1 aliphatic heterocycles. The lowest BCUT2D eigenvalue weighted by molar-refractivity contribution is -0.117. The number of halogens is 4. The molecule has 0 aliphatic carbocycles. The molecule has 1 aliphatic rings. The van der Waals surface area contributed by atoms with Gasteiger partial charge in [-0.3, -0.25) is 9.69 Å². The average molecular weight is 387 g/mol. The molecule has 0 saturated carbocycles. The Hall–Kier alpha value is -0.230. The number of amides is 1. The first-order chi connectivity index (χ1) is 9.85. The van der Waals surface area contributed by atoms with E-state index in [9.17, 15) is 4.79 Å². The lowest BCUT2D eigenvalue weighted by atomic mass is 10.1. The van der Waals surface area contributed by atoms with Crippen LogP contribution in [-0.2, 0) is 4.79 Å². The second-order valence-corrected chi connectivity index (χ2v) is 6.68. The molecule has 1 aromatic carbocycles. The van der Waals surface area contributed by atoms with Gasteiger partial charge in [-0.2, -0.15) is 0 Å². The summed E-state index contributed by atoms with van der Waals surface area (Å²) in [4.78, 5) is 14.3. The smallest absolute Gasteiger partial charge is 0.238 e. The lowest BCUT2D eigenvalue weighted by Crippen LogP contribution is -2.55. The van der Waals surface area contributed by atoms with Gasteiger partial charge in [0, 0.05) is 25.2 Å². The second kappa shape index (κ2) is 8.57. The highest BCUT2D eigenvalue weighted by Crippen LogP contribution is 2.32. The van der Waals surface area contributed by atoms with Gasteiger partial charge < -0.3 is 10.6 Å². The Bertz CT molecular complexity index is 531. The van der Waals surface area contributed by atoms with E-state index in [1.807, 2.05) is 0 Å². The Morgan fingerprint density at radius 3 is 2.32 bits per heavy atom. The first kappa shape index (κ1) is 19.8. The Kier molecular flexibility index (Phi) is 7.72. The van der Waals surface area contributed by atoms with Gasteiger partial charge in [-0.05, 0) is 26.0 Å². The van der Waals surface area contributed by atoms with Gasteiger partial charge in [-0.15, -0.1) is 12.4 Å². The number of rotatable bonds is 3. The molecule has 0 spiro atoms. The van der Waals surface area contributed by atoms with E-state index >= 15 is 0 Å². The van der Waals surface area contributed by atoms with Crippen molar-refractivity contribution in [3.63, 3.8) is 0 Å². The molecule has 8 heteroatoms. The summed E-state index contributed by atoms with van der Waals surface area (Å²) < 4.78 is 0. The third-order valence-electron chi connectivity index (χ3n) is 3.28. The van der Waals surface area contributed by atoms with E-state index in [0.717, 1.165) is 13.1 Å². The van der Waals surface area contributed by atoms with E-state index in [0.29, 0.717) is 39.4 Å². The van der Waals surface area contributed by atoms with E-state index < -0.39 is 0 Å². The number of hydrogen-bond donors (Lipinski definition) is 2. The van der Waals surface area contributed by atoms with Crippen molar-refractivity contribution in [2.24, 2.45) is 0 Å². The van der Waals surface area contributed by atoms with Crippen molar-refractivity contribution in [3.8, 4) is 0 Å². The number of hydrogen-bond acceptors (Lipinski definition) is 3. The normalized spacial score (nSPS) is 22.0. The summed E-state index contributed by atoms with van der Waals surface area (Å²) in [6, 6.07) is 3.83. The van der Waals surface area contributed by atoms with Crippen molar-refractivity contribution in [2.45, 2.75) is 25.9 Å². The first-order valence-electron chi connectivity index (χ1n) is 6.78. The van der Waals surface area contributed by atoms with Crippen LogP contribution in [0.3, 0.4) is 0 Å². The van der Waals surface area contributed by atoms with Gasteiger partial charge in [-0.25, -0.2) is 0 Å². The molecule has 124 valence electrons. The Morgan fingerprint density at radius 1 is 1.18 bits per heavy atom. The standard InChI is InChI=1S/C14H18Cl3N3O.ClH/c1-8-5-20(6-9(2)18-8)7-14(21)19-13-4-11(16)10(15)3-12(13)17;/h3-4,8-9,18H,5-7H2,1-2H3,(H,19,21);1H. The molecule has 1 saturated heterocycles. The Morgan fingerprint density at radius 2 is 1.73 bits per heavy atom. The van der Waals surface area contributed by atoms with Gasteiger partial charge in [0.25, 0.3) is 0 Å². The largest absolute Gasteiger partial charge is 0.324 e. The number of nitrogens with one attached hydrogen (secondary N) is 2. The van der Waals surface area contributed by atoms with Gasteiger partial charge in [-0.1, -0.05) is 34.8 Å². The molecule has 0 bridgehead atoms. The van der Waals surface area contributed by atoms with Crippen LogP contribution in [0.25, 0.3) is 0 Å². The zero-order valence-corrected chi connectivity index (χ0v) is 15.4. The fourth-order valence-corrected chi connectivity index (χ4v) is 3.17. The molecular weight excluding hydrogens is 368 g/mol. The molecule has 2 unspecified atom stereocenters. The SMILES string of the molecule is CC1CN(CC(=O)Nc2cc(Cl)c(Cl)cc2Cl)CC(C)N1.Cl. The summed E-state index contributed by atoms with van der Waals surface area (Å²) in [5.74, 6) is -0.114. The highest BCUT2D eigenvalue weighted by Gasteiger charge is 2.22. The number of carbonyl (C=O) groups is 1. The maximum Gasteiger partial charge on any atom is 0.238 e. The molecule has 1 aromatic rings. The van der Waals surface area contributed by atoms with Crippen molar-refractivity contribution < 1.29 is 4.79 Å². The van der Waals surface area contributed by atoms with Crippen molar-refractivity contribution in [2.75, 3.05) is 25.0 Å². The van der Waals surface area contributed by atoms with Gasteiger partial charge >= 0.3 is 0 Å². The van der Waals surface area contributed by atoms with Crippen LogP contribution in [0.1, 0.15) is 13.8 Å². The number of piperazine rings is 1. The molecule has 1 heterocycles. The molecule has 22 heavy (non-hydrogen) atoms. The Balaban J connectivity index is 0.00000242. The van der Waals surface area contributed by atoms with Crippen LogP contribution in [0.5, 0.6) is 0 Å². The minimum atomic E-state index is -0.114. The summed E-state index contributed by atoms with van der Waals surface area (Å²) in [5, 5.41) is 7.31. The molecule has 0 radical (unpaired) electrons. The molecular formula is C14H19Cl4N3O. The maximum atomic E-state index is 12.1. The van der Waals surface area contributed by atoms with Crippen molar-refractivity contribution in [3.05, 3.63) is 27.2 Å².